The lowest BCUT2D eigenvalue weighted by molar-refractivity contribution is 0.0636. The molecule has 23 heavy (non-hydrogen) atoms. The summed E-state index contributed by atoms with van der Waals surface area (Å²) in [5.41, 5.74) is 0.237. The first-order valence-corrected chi connectivity index (χ1v) is 8.06. The largest absolute Gasteiger partial charge is 0.444 e. The van der Waals surface area contributed by atoms with Gasteiger partial charge >= 0.3 is 6.09 Å². The quantitative estimate of drug-likeness (QED) is 0.817. The van der Waals surface area contributed by atoms with Gasteiger partial charge in [-0.05, 0) is 39.0 Å². The van der Waals surface area contributed by atoms with E-state index in [2.05, 4.69) is 15.6 Å². The molecule has 1 amide bonds. The van der Waals surface area contributed by atoms with E-state index in [9.17, 15) is 9.18 Å². The fraction of sp³-hybridized carbons (Fsp3) is 0.333. The van der Waals surface area contributed by atoms with Crippen molar-refractivity contribution in [2.45, 2.75) is 32.9 Å². The van der Waals surface area contributed by atoms with Crippen LogP contribution in [0.4, 0.5) is 20.6 Å². The number of nitrogens with zero attached hydrogens (tertiary/aromatic N) is 1. The predicted octanol–water partition coefficient (Wildman–Crippen LogP) is 4.89. The summed E-state index contributed by atoms with van der Waals surface area (Å²) < 4.78 is 19.2. The van der Waals surface area contributed by atoms with Crippen molar-refractivity contribution in [2.24, 2.45) is 0 Å². The number of carbonyl (C=O) groups is 1. The third kappa shape index (κ3) is 5.69. The lowest BCUT2D eigenvalue weighted by atomic mass is 10.2. The summed E-state index contributed by atoms with van der Waals surface area (Å²) in [7, 11) is 0. The molecule has 0 spiro atoms. The van der Waals surface area contributed by atoms with Gasteiger partial charge in [0.05, 0.1) is 24.1 Å². The van der Waals surface area contributed by atoms with Crippen molar-refractivity contribution in [3.8, 4) is 0 Å². The summed E-state index contributed by atoms with van der Waals surface area (Å²) in [6, 6.07) is 4.02. The van der Waals surface area contributed by atoms with Gasteiger partial charge in [-0.25, -0.2) is 14.2 Å². The van der Waals surface area contributed by atoms with Gasteiger partial charge in [-0.2, -0.15) is 0 Å². The van der Waals surface area contributed by atoms with Crippen LogP contribution in [0, 0.1) is 5.82 Å². The monoisotopic (exact) mass is 357 g/mol. The summed E-state index contributed by atoms with van der Waals surface area (Å²) in [5.74, 6) is -0.417. The number of hydrogen-bond donors (Lipinski definition) is 2. The van der Waals surface area contributed by atoms with Crippen molar-refractivity contribution < 1.29 is 13.9 Å². The van der Waals surface area contributed by atoms with Crippen LogP contribution < -0.4 is 10.6 Å². The maximum Gasteiger partial charge on any atom is 0.412 e. The Morgan fingerprint density at radius 3 is 2.74 bits per heavy atom. The van der Waals surface area contributed by atoms with Crippen molar-refractivity contribution in [1.29, 1.82) is 0 Å². The molecule has 1 aromatic carbocycles. The van der Waals surface area contributed by atoms with E-state index >= 15 is 0 Å². The number of hydrogen-bond acceptors (Lipinski definition) is 5. The van der Waals surface area contributed by atoms with Crippen molar-refractivity contribution in [2.75, 3.05) is 10.6 Å². The molecule has 0 saturated heterocycles. The highest BCUT2D eigenvalue weighted by Gasteiger charge is 2.17. The van der Waals surface area contributed by atoms with E-state index in [1.807, 2.05) is 0 Å². The van der Waals surface area contributed by atoms with Crippen LogP contribution in [0.1, 0.15) is 25.8 Å². The highest BCUT2D eigenvalue weighted by atomic mass is 35.5. The number of amides is 1. The lowest BCUT2D eigenvalue weighted by Crippen LogP contribution is -2.27. The number of thiazole rings is 1. The summed E-state index contributed by atoms with van der Waals surface area (Å²) in [4.78, 5) is 16.0. The number of nitrogens with one attached hydrogen (secondary N) is 2. The zero-order chi connectivity index (χ0) is 17.0. The Morgan fingerprint density at radius 2 is 2.13 bits per heavy atom. The van der Waals surface area contributed by atoms with Crippen molar-refractivity contribution >= 4 is 40.4 Å². The molecule has 1 heterocycles. The van der Waals surface area contributed by atoms with Gasteiger partial charge in [-0.3, -0.25) is 5.32 Å². The van der Waals surface area contributed by atoms with Gasteiger partial charge in [-0.1, -0.05) is 11.6 Å². The minimum Gasteiger partial charge on any atom is -0.444 e. The van der Waals surface area contributed by atoms with Gasteiger partial charge in [-0.15, -0.1) is 11.3 Å². The smallest absolute Gasteiger partial charge is 0.412 e. The first-order chi connectivity index (χ1) is 10.7. The van der Waals surface area contributed by atoms with E-state index in [4.69, 9.17) is 16.3 Å². The first kappa shape index (κ1) is 17.5. The van der Waals surface area contributed by atoms with Gasteiger partial charge in [0.15, 0.2) is 0 Å². The topological polar surface area (TPSA) is 63.2 Å². The zero-order valence-corrected chi connectivity index (χ0v) is 14.5. The first-order valence-electron chi connectivity index (χ1n) is 6.86. The minimum absolute atomic E-state index is 0.365. The second-order valence-electron chi connectivity index (χ2n) is 5.73. The van der Waals surface area contributed by atoms with Crippen molar-refractivity contribution in [1.82, 2.24) is 4.98 Å². The molecule has 0 aliphatic rings. The standard InChI is InChI=1S/C15H17ClFN3O2S/c1-15(2,3)22-14(21)20-10-5-4-9(17)6-11(10)18-8-13-19-7-12(16)23-13/h4-7,18H,8H2,1-3H3,(H,20,21). The van der Waals surface area contributed by atoms with Crippen LogP contribution in [0.15, 0.2) is 24.4 Å². The minimum atomic E-state index is -0.616. The molecular weight excluding hydrogens is 341 g/mol. The number of benzene rings is 1. The maximum atomic E-state index is 13.5. The Bertz CT molecular complexity index is 700. The van der Waals surface area contributed by atoms with E-state index in [0.717, 1.165) is 5.01 Å². The van der Waals surface area contributed by atoms with E-state index in [1.165, 1.54) is 29.5 Å². The highest BCUT2D eigenvalue weighted by molar-refractivity contribution is 7.15. The van der Waals surface area contributed by atoms with Crippen molar-refractivity contribution in [3.05, 3.63) is 39.6 Å². The predicted molar refractivity (Wildman–Crippen MR) is 90.7 cm³/mol. The molecule has 124 valence electrons. The third-order valence-electron chi connectivity index (χ3n) is 2.57. The van der Waals surface area contributed by atoms with Crippen LogP contribution in [0.5, 0.6) is 0 Å². The Hall–Kier alpha value is -1.86. The van der Waals surface area contributed by atoms with Crippen molar-refractivity contribution in [3.63, 3.8) is 0 Å². The molecule has 2 rings (SSSR count). The number of ether oxygens (including phenoxy) is 1. The Balaban J connectivity index is 2.09. The summed E-state index contributed by atoms with van der Waals surface area (Å²) in [6.07, 6.45) is 0.943. The summed E-state index contributed by atoms with van der Waals surface area (Å²) in [5, 5.41) is 6.39. The second-order valence-corrected chi connectivity index (χ2v) is 7.47. The Morgan fingerprint density at radius 1 is 1.39 bits per heavy atom. The molecular formula is C15H17ClFN3O2S. The number of rotatable bonds is 4. The van der Waals surface area contributed by atoms with Crippen LogP contribution in [0.2, 0.25) is 4.34 Å². The van der Waals surface area contributed by atoms with E-state index in [1.54, 1.807) is 27.0 Å². The van der Waals surface area contributed by atoms with E-state index in [0.29, 0.717) is 22.3 Å². The molecule has 5 nitrogen and oxygen atoms in total. The molecule has 2 N–H and O–H groups in total. The van der Waals surface area contributed by atoms with Crippen LogP contribution in [0.3, 0.4) is 0 Å². The van der Waals surface area contributed by atoms with Gasteiger partial charge < -0.3 is 10.1 Å². The van der Waals surface area contributed by atoms with Gasteiger partial charge in [0.2, 0.25) is 0 Å². The average molecular weight is 358 g/mol. The Kier molecular flexibility index (Phi) is 5.43. The number of carbonyl (C=O) groups excluding carboxylic acids is 1. The SMILES string of the molecule is CC(C)(C)OC(=O)Nc1ccc(F)cc1NCc1ncc(Cl)s1. The van der Waals surface area contributed by atoms with E-state index in [-0.39, 0.29) is 0 Å². The highest BCUT2D eigenvalue weighted by Crippen LogP contribution is 2.25. The van der Waals surface area contributed by atoms with Gasteiger partial charge in [0, 0.05) is 0 Å². The fourth-order valence-corrected chi connectivity index (χ4v) is 2.62. The summed E-state index contributed by atoms with van der Waals surface area (Å²) in [6.45, 7) is 5.66. The van der Waals surface area contributed by atoms with Gasteiger partial charge in [0.25, 0.3) is 0 Å². The molecule has 0 bridgehead atoms. The molecule has 0 aliphatic heterocycles. The second kappa shape index (κ2) is 7.14. The third-order valence-corrected chi connectivity index (χ3v) is 3.69. The van der Waals surface area contributed by atoms with E-state index < -0.39 is 17.5 Å². The molecule has 1 aromatic heterocycles. The molecule has 0 radical (unpaired) electrons. The molecule has 8 heteroatoms. The molecule has 2 aromatic rings. The van der Waals surface area contributed by atoms with Gasteiger partial charge in [0.1, 0.15) is 20.8 Å². The normalized spacial score (nSPS) is 11.2. The van der Waals surface area contributed by atoms with Crippen LogP contribution in [-0.4, -0.2) is 16.7 Å². The van der Waals surface area contributed by atoms with Crippen LogP contribution in [0.25, 0.3) is 0 Å². The molecule has 0 fully saturated rings. The number of aromatic nitrogens is 1. The number of halogens is 2. The number of anilines is 2. The average Bonchev–Trinajstić information content (AvgIpc) is 2.82. The molecule has 0 aliphatic carbocycles. The molecule has 0 unspecified atom stereocenters. The lowest BCUT2D eigenvalue weighted by Gasteiger charge is -2.20. The summed E-state index contributed by atoms with van der Waals surface area (Å²) >= 11 is 7.15. The fourth-order valence-electron chi connectivity index (χ4n) is 1.73. The van der Waals surface area contributed by atoms with Crippen LogP contribution in [-0.2, 0) is 11.3 Å². The van der Waals surface area contributed by atoms with Crippen LogP contribution >= 0.6 is 22.9 Å². The molecule has 0 saturated carbocycles. The Labute approximate surface area is 142 Å². The molecule has 0 atom stereocenters. The zero-order valence-electron chi connectivity index (χ0n) is 12.9. The maximum absolute atomic E-state index is 13.5.